The molecule has 1 atom stereocenters. The van der Waals surface area contributed by atoms with Gasteiger partial charge in [0.1, 0.15) is 0 Å². The predicted octanol–water partition coefficient (Wildman–Crippen LogP) is 3.37. The lowest BCUT2D eigenvalue weighted by atomic mass is 10.0. The molecule has 0 aliphatic carbocycles. The summed E-state index contributed by atoms with van der Waals surface area (Å²) in [6, 6.07) is 10.5. The van der Waals surface area contributed by atoms with Crippen molar-refractivity contribution in [3.05, 3.63) is 29.8 Å². The fourth-order valence-electron chi connectivity index (χ4n) is 2.24. The molecule has 1 aromatic carbocycles. The molecule has 24 heavy (non-hydrogen) atoms. The molecule has 1 aromatic rings. The first-order valence-electron chi connectivity index (χ1n) is 8.43. The van der Waals surface area contributed by atoms with Crippen LogP contribution in [0.25, 0.3) is 0 Å². The minimum Gasteiger partial charge on any atom is -0.383 e. The number of rotatable bonds is 10. The van der Waals surface area contributed by atoms with Crippen LogP contribution in [0, 0.1) is 11.3 Å². The molecule has 0 saturated heterocycles. The Morgan fingerprint density at radius 1 is 1.42 bits per heavy atom. The Hall–Kier alpha value is -2.13. The molecule has 1 rings (SSSR count). The van der Waals surface area contributed by atoms with Crippen LogP contribution in [0.5, 0.6) is 0 Å². The minimum absolute atomic E-state index is 0.214. The largest absolute Gasteiger partial charge is 0.383 e. The van der Waals surface area contributed by atoms with Crippen LogP contribution in [0.2, 0.25) is 0 Å². The fourth-order valence-corrected chi connectivity index (χ4v) is 2.24. The SMILES string of the molecule is CC(CCN(C)N=NC(C)(C)CCN)Nc1cccc(CC#N)c1. The molecule has 6 nitrogen and oxygen atoms in total. The quantitative estimate of drug-likeness (QED) is 0.508. The maximum atomic E-state index is 8.78. The summed E-state index contributed by atoms with van der Waals surface area (Å²) >= 11 is 0. The Morgan fingerprint density at radius 3 is 2.83 bits per heavy atom. The van der Waals surface area contributed by atoms with Gasteiger partial charge < -0.3 is 11.1 Å². The van der Waals surface area contributed by atoms with Crippen LogP contribution in [0.1, 0.15) is 39.2 Å². The molecule has 0 aliphatic rings. The van der Waals surface area contributed by atoms with Crippen molar-refractivity contribution in [2.45, 2.75) is 51.6 Å². The van der Waals surface area contributed by atoms with Crippen molar-refractivity contribution in [2.24, 2.45) is 16.1 Å². The second kappa shape index (κ2) is 9.89. The first kappa shape index (κ1) is 19.9. The van der Waals surface area contributed by atoms with Crippen LogP contribution in [0.3, 0.4) is 0 Å². The topological polar surface area (TPSA) is 89.8 Å². The monoisotopic (exact) mass is 330 g/mol. The van der Waals surface area contributed by atoms with E-state index in [1.54, 1.807) is 0 Å². The van der Waals surface area contributed by atoms with E-state index in [1.165, 1.54) is 0 Å². The zero-order valence-electron chi connectivity index (χ0n) is 15.3. The van der Waals surface area contributed by atoms with Crippen molar-refractivity contribution in [3.63, 3.8) is 0 Å². The molecule has 0 heterocycles. The third kappa shape index (κ3) is 7.93. The summed E-state index contributed by atoms with van der Waals surface area (Å²) in [5.41, 5.74) is 7.44. The summed E-state index contributed by atoms with van der Waals surface area (Å²) < 4.78 is 0. The number of hydrogen-bond donors (Lipinski definition) is 2. The maximum absolute atomic E-state index is 8.78. The van der Waals surface area contributed by atoms with Gasteiger partial charge in [-0.05, 0) is 57.9 Å². The lowest BCUT2D eigenvalue weighted by Gasteiger charge is -2.21. The lowest BCUT2D eigenvalue weighted by Crippen LogP contribution is -2.25. The second-order valence-corrected chi connectivity index (χ2v) is 6.79. The van der Waals surface area contributed by atoms with Gasteiger partial charge in [0.2, 0.25) is 0 Å². The molecule has 0 saturated carbocycles. The average Bonchev–Trinajstić information content (AvgIpc) is 2.52. The Morgan fingerprint density at radius 2 is 2.17 bits per heavy atom. The molecular formula is C18H30N6. The van der Waals surface area contributed by atoms with Crippen molar-refractivity contribution in [2.75, 3.05) is 25.5 Å². The highest BCUT2D eigenvalue weighted by Crippen LogP contribution is 2.15. The van der Waals surface area contributed by atoms with Crippen LogP contribution >= 0.6 is 0 Å². The number of benzene rings is 1. The molecule has 0 aliphatic heterocycles. The molecule has 0 radical (unpaired) electrons. The summed E-state index contributed by atoms with van der Waals surface area (Å²) in [7, 11) is 1.93. The lowest BCUT2D eigenvalue weighted by molar-refractivity contribution is 0.291. The Bertz CT molecular complexity index is 561. The standard InChI is InChI=1S/C18H30N6/c1-15(21-17-7-5-6-16(14-17)8-11-19)9-13-24(4)23-22-18(2,3)10-12-20/h5-7,14-15,21H,8-10,12-13,20H2,1-4H3. The van der Waals surface area contributed by atoms with E-state index in [1.807, 2.05) is 50.2 Å². The van der Waals surface area contributed by atoms with Gasteiger partial charge in [-0.15, -0.1) is 0 Å². The molecule has 3 N–H and O–H groups in total. The van der Waals surface area contributed by atoms with Gasteiger partial charge in [0, 0.05) is 25.3 Å². The first-order valence-corrected chi connectivity index (χ1v) is 8.43. The van der Waals surface area contributed by atoms with E-state index in [9.17, 15) is 0 Å². The Balaban J connectivity index is 2.43. The highest BCUT2D eigenvalue weighted by Gasteiger charge is 2.15. The smallest absolute Gasteiger partial charge is 0.0793 e. The molecule has 1 unspecified atom stereocenters. The first-order chi connectivity index (χ1) is 11.4. The number of hydrogen-bond acceptors (Lipinski definition) is 5. The predicted molar refractivity (Wildman–Crippen MR) is 98.7 cm³/mol. The highest BCUT2D eigenvalue weighted by atomic mass is 15.5. The highest BCUT2D eigenvalue weighted by molar-refractivity contribution is 5.46. The van der Waals surface area contributed by atoms with Gasteiger partial charge in [0.25, 0.3) is 0 Å². The number of nitrogens with one attached hydrogen (secondary N) is 1. The van der Waals surface area contributed by atoms with Gasteiger partial charge in [-0.25, -0.2) is 0 Å². The normalized spacial score (nSPS) is 12.8. The van der Waals surface area contributed by atoms with Gasteiger partial charge in [-0.2, -0.15) is 10.4 Å². The van der Waals surface area contributed by atoms with E-state index in [4.69, 9.17) is 11.0 Å². The van der Waals surface area contributed by atoms with E-state index in [-0.39, 0.29) is 5.54 Å². The fraction of sp³-hybridized carbons (Fsp3) is 0.611. The number of nitrogens with zero attached hydrogens (tertiary/aromatic N) is 4. The molecule has 0 aromatic heterocycles. The third-order valence-electron chi connectivity index (χ3n) is 3.73. The summed E-state index contributed by atoms with van der Waals surface area (Å²) in [5, 5.41) is 22.7. The van der Waals surface area contributed by atoms with Gasteiger partial charge in [-0.3, -0.25) is 5.01 Å². The van der Waals surface area contributed by atoms with E-state index < -0.39 is 0 Å². The molecule has 6 heteroatoms. The molecule has 132 valence electrons. The van der Waals surface area contributed by atoms with Crippen LogP contribution in [0.4, 0.5) is 5.69 Å². The van der Waals surface area contributed by atoms with Gasteiger partial charge in [0.05, 0.1) is 18.0 Å². The van der Waals surface area contributed by atoms with E-state index in [2.05, 4.69) is 28.6 Å². The van der Waals surface area contributed by atoms with Crippen LogP contribution in [-0.2, 0) is 6.42 Å². The number of nitriles is 1. The summed E-state index contributed by atoms with van der Waals surface area (Å²) in [6.45, 7) is 7.64. The van der Waals surface area contributed by atoms with E-state index in [0.717, 1.165) is 30.6 Å². The van der Waals surface area contributed by atoms with E-state index >= 15 is 0 Å². The van der Waals surface area contributed by atoms with Crippen LogP contribution in [0.15, 0.2) is 34.6 Å². The summed E-state index contributed by atoms with van der Waals surface area (Å²) in [6.07, 6.45) is 2.20. The maximum Gasteiger partial charge on any atom is 0.0793 e. The van der Waals surface area contributed by atoms with Gasteiger partial charge in [-0.1, -0.05) is 17.4 Å². The number of anilines is 1. The average molecular weight is 330 g/mol. The molecule has 0 fully saturated rings. The summed E-state index contributed by atoms with van der Waals surface area (Å²) in [4.78, 5) is 0. The van der Waals surface area contributed by atoms with Crippen molar-refractivity contribution in [1.29, 1.82) is 5.26 Å². The van der Waals surface area contributed by atoms with Crippen LogP contribution in [-0.4, -0.2) is 36.7 Å². The van der Waals surface area contributed by atoms with Gasteiger partial charge in [0.15, 0.2) is 0 Å². The Kier molecular flexibility index (Phi) is 8.20. The van der Waals surface area contributed by atoms with Gasteiger partial charge >= 0.3 is 0 Å². The minimum atomic E-state index is -0.214. The van der Waals surface area contributed by atoms with Crippen molar-refractivity contribution in [1.82, 2.24) is 5.01 Å². The molecular weight excluding hydrogens is 300 g/mol. The Labute approximate surface area is 145 Å². The zero-order chi connectivity index (χ0) is 18.0. The molecule has 0 amide bonds. The van der Waals surface area contributed by atoms with Crippen molar-refractivity contribution < 1.29 is 0 Å². The second-order valence-electron chi connectivity index (χ2n) is 6.79. The van der Waals surface area contributed by atoms with Crippen molar-refractivity contribution in [3.8, 4) is 6.07 Å². The zero-order valence-corrected chi connectivity index (χ0v) is 15.3. The van der Waals surface area contributed by atoms with Crippen molar-refractivity contribution >= 4 is 5.69 Å². The number of nitrogens with two attached hydrogens (primary N) is 1. The van der Waals surface area contributed by atoms with E-state index in [0.29, 0.717) is 19.0 Å². The summed E-state index contributed by atoms with van der Waals surface area (Å²) in [5.74, 6) is 0. The molecule has 0 bridgehead atoms. The molecule has 0 spiro atoms. The third-order valence-corrected chi connectivity index (χ3v) is 3.73. The van der Waals surface area contributed by atoms with Crippen LogP contribution < -0.4 is 11.1 Å².